The SMILES string of the molecule is C1=CNSC=C1.CC(=O)[O-].CC(=O)[O-].O.[Mg+2]. The third-order valence-corrected chi connectivity index (χ3v) is 1.06. The average molecular weight is 260 g/mol. The number of hydrogen-bond donors (Lipinski definition) is 1. The standard InChI is InChI=1S/C4H5NS.2C2H4O2.Mg.H2O/c1-2-4-6-5-3-1;2*1-2(3)4;;/h1-5H;2*1H3,(H,3,4);;1H2/q;;;+2;/p-2. The molecule has 0 atom stereocenters. The van der Waals surface area contributed by atoms with Gasteiger partial charge in [-0.15, -0.1) is 0 Å². The zero-order valence-electron chi connectivity index (χ0n) is 9.06. The molecule has 6 nitrogen and oxygen atoms in total. The summed E-state index contributed by atoms with van der Waals surface area (Å²) < 4.78 is 2.93. The number of allylic oxidation sites excluding steroid dienone is 2. The van der Waals surface area contributed by atoms with Gasteiger partial charge < -0.3 is 30.0 Å². The van der Waals surface area contributed by atoms with Gasteiger partial charge in [0, 0.05) is 18.1 Å². The molecule has 0 amide bonds. The molecule has 0 fully saturated rings. The molecule has 0 aromatic carbocycles. The molecule has 0 radical (unpaired) electrons. The summed E-state index contributed by atoms with van der Waals surface area (Å²) in [5.74, 6) is -2.17. The molecule has 1 aliphatic rings. The Morgan fingerprint density at radius 2 is 1.50 bits per heavy atom. The van der Waals surface area contributed by atoms with Crippen LogP contribution in [0.4, 0.5) is 0 Å². The first-order valence-corrected chi connectivity index (χ1v) is 4.42. The zero-order chi connectivity index (χ0) is 11.4. The second kappa shape index (κ2) is 19.8. The smallest absolute Gasteiger partial charge is 0.550 e. The topological polar surface area (TPSA) is 124 Å². The van der Waals surface area contributed by atoms with Gasteiger partial charge in [-0.1, -0.05) is 6.08 Å². The van der Waals surface area contributed by atoms with E-state index in [9.17, 15) is 0 Å². The number of rotatable bonds is 0. The minimum Gasteiger partial charge on any atom is -0.550 e. The summed E-state index contributed by atoms with van der Waals surface area (Å²) in [4.78, 5) is 17.8. The Bertz CT molecular complexity index is 200. The van der Waals surface area contributed by atoms with Gasteiger partial charge >= 0.3 is 23.1 Å². The van der Waals surface area contributed by atoms with E-state index >= 15 is 0 Å². The summed E-state index contributed by atoms with van der Waals surface area (Å²) in [6.45, 7) is 1.94. The van der Waals surface area contributed by atoms with Crippen LogP contribution in [0.1, 0.15) is 13.8 Å². The number of aliphatic carboxylic acids is 2. The van der Waals surface area contributed by atoms with Crippen LogP contribution in [0.2, 0.25) is 0 Å². The van der Waals surface area contributed by atoms with E-state index in [-0.39, 0.29) is 28.5 Å². The van der Waals surface area contributed by atoms with Crippen molar-refractivity contribution >= 4 is 46.9 Å². The van der Waals surface area contributed by atoms with Gasteiger partial charge in [-0.05, 0) is 37.3 Å². The molecule has 16 heavy (non-hydrogen) atoms. The van der Waals surface area contributed by atoms with Crippen molar-refractivity contribution in [3.8, 4) is 0 Å². The van der Waals surface area contributed by atoms with Crippen LogP contribution < -0.4 is 14.9 Å². The monoisotopic (exact) mass is 259 g/mol. The number of carbonyl (C=O) groups excluding carboxylic acids is 2. The van der Waals surface area contributed by atoms with Gasteiger partial charge in [-0.2, -0.15) is 0 Å². The summed E-state index contributed by atoms with van der Waals surface area (Å²) in [6.07, 6.45) is 5.84. The number of nitrogens with one attached hydrogen (secondary N) is 1. The summed E-state index contributed by atoms with van der Waals surface area (Å²) >= 11 is 1.58. The largest absolute Gasteiger partial charge is 2.00 e. The number of carboxylic acids is 2. The van der Waals surface area contributed by atoms with Gasteiger partial charge in [0.15, 0.2) is 0 Å². The minimum atomic E-state index is -1.08. The Labute approximate surface area is 114 Å². The molecule has 0 spiro atoms. The van der Waals surface area contributed by atoms with Gasteiger partial charge in [0.25, 0.3) is 0 Å². The Morgan fingerprint density at radius 1 is 1.12 bits per heavy atom. The van der Waals surface area contributed by atoms with Crippen LogP contribution in [0.3, 0.4) is 0 Å². The summed E-state index contributed by atoms with van der Waals surface area (Å²) in [5.41, 5.74) is 0. The number of carbonyl (C=O) groups is 2. The summed E-state index contributed by atoms with van der Waals surface area (Å²) in [6, 6.07) is 0. The third kappa shape index (κ3) is 71.7. The molecule has 0 aromatic rings. The number of carboxylic acid groups (broad SMARTS) is 2. The molecule has 8 heteroatoms. The molecule has 3 N–H and O–H groups in total. The van der Waals surface area contributed by atoms with Crippen molar-refractivity contribution in [3.05, 3.63) is 23.8 Å². The molecular formula is C8H13MgNO5S. The first kappa shape index (κ1) is 24.5. The predicted octanol–water partition coefficient (Wildman–Crippen LogP) is -2.43. The summed E-state index contributed by atoms with van der Waals surface area (Å²) in [5, 5.41) is 19.8. The van der Waals surface area contributed by atoms with Crippen LogP contribution in [0.5, 0.6) is 0 Å². The van der Waals surface area contributed by atoms with E-state index in [2.05, 4.69) is 4.72 Å². The van der Waals surface area contributed by atoms with E-state index in [0.717, 1.165) is 13.8 Å². The molecule has 0 saturated carbocycles. The Hall–Kier alpha value is -0.704. The first-order valence-electron chi connectivity index (χ1n) is 3.54. The first-order chi connectivity index (χ1) is 6.46. The van der Waals surface area contributed by atoms with Crippen molar-refractivity contribution in [1.82, 2.24) is 4.72 Å². The Balaban J connectivity index is -0.0000000660. The van der Waals surface area contributed by atoms with E-state index in [1.54, 1.807) is 11.9 Å². The van der Waals surface area contributed by atoms with Crippen LogP contribution in [-0.2, 0) is 9.59 Å². The minimum absolute atomic E-state index is 0. The van der Waals surface area contributed by atoms with Crippen LogP contribution in [0.25, 0.3) is 0 Å². The van der Waals surface area contributed by atoms with Crippen molar-refractivity contribution < 1.29 is 25.3 Å². The van der Waals surface area contributed by atoms with Crippen molar-refractivity contribution in [2.45, 2.75) is 13.8 Å². The van der Waals surface area contributed by atoms with Gasteiger partial charge in [0.05, 0.1) is 0 Å². The van der Waals surface area contributed by atoms with Gasteiger partial charge in [0.2, 0.25) is 0 Å². The predicted molar refractivity (Wildman–Crippen MR) is 59.7 cm³/mol. The van der Waals surface area contributed by atoms with Crippen LogP contribution in [0, 0.1) is 0 Å². The van der Waals surface area contributed by atoms with E-state index < -0.39 is 11.9 Å². The van der Waals surface area contributed by atoms with Gasteiger partial charge in [-0.25, -0.2) is 0 Å². The van der Waals surface area contributed by atoms with Crippen molar-refractivity contribution in [2.75, 3.05) is 0 Å². The molecule has 0 aromatic heterocycles. The fourth-order valence-corrected chi connectivity index (χ4v) is 0.663. The second-order valence-corrected chi connectivity index (χ2v) is 2.65. The fourth-order valence-electron chi connectivity index (χ4n) is 0.258. The van der Waals surface area contributed by atoms with Crippen LogP contribution in [-0.4, -0.2) is 40.5 Å². The van der Waals surface area contributed by atoms with E-state index in [1.807, 2.05) is 23.8 Å². The van der Waals surface area contributed by atoms with Crippen LogP contribution >= 0.6 is 11.9 Å². The molecule has 0 aliphatic carbocycles. The quantitative estimate of drug-likeness (QED) is 0.381. The molecule has 1 aliphatic heterocycles. The van der Waals surface area contributed by atoms with E-state index in [4.69, 9.17) is 19.8 Å². The van der Waals surface area contributed by atoms with Gasteiger partial charge in [-0.3, -0.25) is 0 Å². The third-order valence-electron chi connectivity index (χ3n) is 0.490. The van der Waals surface area contributed by atoms with E-state index in [1.165, 1.54) is 0 Å². The van der Waals surface area contributed by atoms with Crippen LogP contribution in [0.15, 0.2) is 23.8 Å². The van der Waals surface area contributed by atoms with Crippen molar-refractivity contribution in [2.24, 2.45) is 0 Å². The van der Waals surface area contributed by atoms with Gasteiger partial charge in [0.1, 0.15) is 0 Å². The fraction of sp³-hybridized carbons (Fsp3) is 0.250. The molecular weight excluding hydrogens is 246 g/mol. The summed E-state index contributed by atoms with van der Waals surface area (Å²) in [7, 11) is 0. The van der Waals surface area contributed by atoms with Crippen molar-refractivity contribution in [1.29, 1.82) is 0 Å². The maximum absolute atomic E-state index is 8.89. The maximum atomic E-state index is 8.89. The molecule has 0 bridgehead atoms. The molecule has 0 unspecified atom stereocenters. The second-order valence-electron chi connectivity index (χ2n) is 1.91. The molecule has 88 valence electrons. The van der Waals surface area contributed by atoms with E-state index in [0.29, 0.717) is 0 Å². The number of hydrogen-bond acceptors (Lipinski definition) is 6. The normalized spacial score (nSPS) is 9.62. The maximum Gasteiger partial charge on any atom is 2.00 e. The molecule has 0 saturated heterocycles. The molecule has 1 heterocycles. The Kier molecular flexibility index (Phi) is 30.3. The molecule has 1 rings (SSSR count). The average Bonchev–Trinajstić information content (AvgIpc) is 2.05. The zero-order valence-corrected chi connectivity index (χ0v) is 11.3. The Morgan fingerprint density at radius 3 is 1.56 bits per heavy atom. The van der Waals surface area contributed by atoms with Crippen molar-refractivity contribution in [3.63, 3.8) is 0 Å².